The van der Waals surface area contributed by atoms with Crippen LogP contribution in [-0.4, -0.2) is 47.7 Å². The lowest BCUT2D eigenvalue weighted by molar-refractivity contribution is 0.0628. The molecule has 2 aliphatic heterocycles. The SMILES string of the molecule is [C-]#[N+]c1cnc([C@@H](O)CN2CCC3(CCNC3)CC2)cc1C. The zero-order valence-corrected chi connectivity index (χ0v) is 13.2. The van der Waals surface area contributed by atoms with Gasteiger partial charge in [-0.3, -0.25) is 4.98 Å². The Balaban J connectivity index is 1.57. The Morgan fingerprint density at radius 2 is 2.23 bits per heavy atom. The highest BCUT2D eigenvalue weighted by Crippen LogP contribution is 2.37. The molecule has 0 aromatic carbocycles. The summed E-state index contributed by atoms with van der Waals surface area (Å²) in [6.45, 7) is 14.0. The van der Waals surface area contributed by atoms with E-state index in [0.717, 1.165) is 31.7 Å². The summed E-state index contributed by atoms with van der Waals surface area (Å²) in [5.41, 5.74) is 2.62. The van der Waals surface area contributed by atoms with Crippen molar-refractivity contribution in [2.24, 2.45) is 5.41 Å². The first-order chi connectivity index (χ1) is 10.6. The maximum absolute atomic E-state index is 10.4. The minimum Gasteiger partial charge on any atom is -0.385 e. The van der Waals surface area contributed by atoms with Crippen molar-refractivity contribution in [2.75, 3.05) is 32.7 Å². The first-order valence-corrected chi connectivity index (χ1v) is 8.07. The molecule has 0 bridgehead atoms. The molecular weight excluding hydrogens is 276 g/mol. The zero-order valence-electron chi connectivity index (χ0n) is 13.2. The number of aromatic nitrogens is 1. The average Bonchev–Trinajstić information content (AvgIpc) is 2.98. The molecule has 3 heterocycles. The van der Waals surface area contributed by atoms with E-state index >= 15 is 0 Å². The Kier molecular flexibility index (Phi) is 4.44. The highest BCUT2D eigenvalue weighted by Gasteiger charge is 2.37. The van der Waals surface area contributed by atoms with Crippen molar-refractivity contribution in [3.05, 3.63) is 34.9 Å². The highest BCUT2D eigenvalue weighted by molar-refractivity contribution is 5.50. The molecule has 2 aliphatic rings. The van der Waals surface area contributed by atoms with Crippen LogP contribution in [0.15, 0.2) is 12.3 Å². The number of rotatable bonds is 3. The predicted octanol–water partition coefficient (Wildman–Crippen LogP) is 2.05. The zero-order chi connectivity index (χ0) is 15.6. The highest BCUT2D eigenvalue weighted by atomic mass is 16.3. The third-order valence-corrected chi connectivity index (χ3v) is 5.25. The number of pyridine rings is 1. The Bertz CT molecular complexity index is 565. The Hall–Kier alpha value is -1.48. The summed E-state index contributed by atoms with van der Waals surface area (Å²) in [4.78, 5) is 10.0. The second-order valence-electron chi connectivity index (χ2n) is 6.75. The fourth-order valence-corrected chi connectivity index (χ4v) is 3.64. The Labute approximate surface area is 132 Å². The summed E-state index contributed by atoms with van der Waals surface area (Å²) < 4.78 is 0. The second kappa shape index (κ2) is 6.33. The molecule has 1 aromatic heterocycles. The molecule has 0 aliphatic carbocycles. The Morgan fingerprint density at radius 1 is 1.45 bits per heavy atom. The minimum absolute atomic E-state index is 0.508. The van der Waals surface area contributed by atoms with E-state index in [0.29, 0.717) is 23.3 Å². The van der Waals surface area contributed by atoms with Gasteiger partial charge in [0.05, 0.1) is 12.3 Å². The third kappa shape index (κ3) is 3.14. The van der Waals surface area contributed by atoms with Crippen LogP contribution in [-0.2, 0) is 0 Å². The van der Waals surface area contributed by atoms with Crippen molar-refractivity contribution in [1.29, 1.82) is 0 Å². The molecule has 3 rings (SSSR count). The largest absolute Gasteiger partial charge is 0.385 e. The van der Waals surface area contributed by atoms with Crippen molar-refractivity contribution in [1.82, 2.24) is 15.2 Å². The van der Waals surface area contributed by atoms with Gasteiger partial charge in [0.25, 0.3) is 0 Å². The van der Waals surface area contributed by atoms with Gasteiger partial charge >= 0.3 is 0 Å². The molecule has 2 N–H and O–H groups in total. The lowest BCUT2D eigenvalue weighted by Crippen LogP contribution is -2.42. The van der Waals surface area contributed by atoms with Crippen LogP contribution in [0.5, 0.6) is 0 Å². The molecular formula is C17H24N4O. The normalized spacial score (nSPS) is 22.6. The van der Waals surface area contributed by atoms with E-state index < -0.39 is 6.10 Å². The van der Waals surface area contributed by atoms with Gasteiger partial charge in [0.15, 0.2) is 0 Å². The van der Waals surface area contributed by atoms with Gasteiger partial charge in [-0.15, -0.1) is 0 Å². The molecule has 5 heteroatoms. The van der Waals surface area contributed by atoms with E-state index in [4.69, 9.17) is 6.57 Å². The summed E-state index contributed by atoms with van der Waals surface area (Å²) in [5.74, 6) is 0. The fraction of sp³-hybridized carbons (Fsp3) is 0.647. The molecule has 0 radical (unpaired) electrons. The van der Waals surface area contributed by atoms with Crippen LogP contribution in [0, 0.1) is 18.9 Å². The number of hydrogen-bond donors (Lipinski definition) is 2. The number of aryl methyl sites for hydroxylation is 1. The van der Waals surface area contributed by atoms with Crippen LogP contribution in [0.4, 0.5) is 5.69 Å². The van der Waals surface area contributed by atoms with Gasteiger partial charge in [0, 0.05) is 19.3 Å². The fourth-order valence-electron chi connectivity index (χ4n) is 3.64. The predicted molar refractivity (Wildman–Crippen MR) is 85.8 cm³/mol. The first-order valence-electron chi connectivity index (χ1n) is 8.07. The van der Waals surface area contributed by atoms with E-state index in [9.17, 15) is 5.11 Å². The van der Waals surface area contributed by atoms with E-state index in [1.807, 2.05) is 13.0 Å². The van der Waals surface area contributed by atoms with Gasteiger partial charge in [-0.05, 0) is 62.9 Å². The number of piperidine rings is 1. The molecule has 0 unspecified atom stereocenters. The van der Waals surface area contributed by atoms with Crippen molar-refractivity contribution >= 4 is 5.69 Å². The lowest BCUT2D eigenvalue weighted by atomic mass is 9.78. The van der Waals surface area contributed by atoms with Crippen molar-refractivity contribution in [2.45, 2.75) is 32.3 Å². The van der Waals surface area contributed by atoms with E-state index in [-0.39, 0.29) is 0 Å². The van der Waals surface area contributed by atoms with Gasteiger partial charge in [-0.1, -0.05) is 0 Å². The number of nitrogens with one attached hydrogen (secondary N) is 1. The molecule has 22 heavy (non-hydrogen) atoms. The van der Waals surface area contributed by atoms with E-state index in [2.05, 4.69) is 20.0 Å². The number of nitrogens with zero attached hydrogens (tertiary/aromatic N) is 3. The van der Waals surface area contributed by atoms with E-state index in [1.165, 1.54) is 19.3 Å². The number of aliphatic hydroxyl groups is 1. The van der Waals surface area contributed by atoms with Crippen LogP contribution in [0.3, 0.4) is 0 Å². The van der Waals surface area contributed by atoms with Gasteiger partial charge in [0.1, 0.15) is 6.10 Å². The summed E-state index contributed by atoms with van der Waals surface area (Å²) in [7, 11) is 0. The van der Waals surface area contributed by atoms with Crippen molar-refractivity contribution < 1.29 is 5.11 Å². The van der Waals surface area contributed by atoms with Gasteiger partial charge < -0.3 is 15.3 Å². The van der Waals surface area contributed by atoms with Crippen LogP contribution in [0.2, 0.25) is 0 Å². The molecule has 0 amide bonds. The monoisotopic (exact) mass is 300 g/mol. The summed E-state index contributed by atoms with van der Waals surface area (Å²) in [6.07, 6.45) is 4.72. The van der Waals surface area contributed by atoms with Gasteiger partial charge in [-0.2, -0.15) is 0 Å². The summed E-state index contributed by atoms with van der Waals surface area (Å²) in [6, 6.07) is 1.84. The second-order valence-corrected chi connectivity index (χ2v) is 6.75. The maximum atomic E-state index is 10.4. The molecule has 0 saturated carbocycles. The van der Waals surface area contributed by atoms with E-state index in [1.54, 1.807) is 6.20 Å². The smallest absolute Gasteiger partial charge is 0.207 e. The molecule has 2 fully saturated rings. The molecule has 1 spiro atoms. The summed E-state index contributed by atoms with van der Waals surface area (Å²) in [5, 5.41) is 13.9. The number of aliphatic hydroxyl groups excluding tert-OH is 1. The molecule has 1 atom stereocenters. The molecule has 5 nitrogen and oxygen atoms in total. The number of likely N-dealkylation sites (tertiary alicyclic amines) is 1. The quantitative estimate of drug-likeness (QED) is 0.839. The number of hydrogen-bond acceptors (Lipinski definition) is 4. The number of β-amino-alcohol motifs (C(OH)–C–C–N with tert-alkyl or cyclic N) is 1. The first kappa shape index (κ1) is 15.4. The topological polar surface area (TPSA) is 52.8 Å². The third-order valence-electron chi connectivity index (χ3n) is 5.25. The summed E-state index contributed by atoms with van der Waals surface area (Å²) >= 11 is 0. The molecule has 1 aromatic rings. The van der Waals surface area contributed by atoms with Crippen molar-refractivity contribution in [3.8, 4) is 0 Å². The average molecular weight is 300 g/mol. The Morgan fingerprint density at radius 3 is 2.82 bits per heavy atom. The van der Waals surface area contributed by atoms with Crippen LogP contribution >= 0.6 is 0 Å². The van der Waals surface area contributed by atoms with Crippen LogP contribution in [0.1, 0.15) is 36.6 Å². The lowest BCUT2D eigenvalue weighted by Gasteiger charge is -2.39. The van der Waals surface area contributed by atoms with Gasteiger partial charge in [-0.25, -0.2) is 4.85 Å². The van der Waals surface area contributed by atoms with Gasteiger partial charge in [0.2, 0.25) is 5.69 Å². The molecule has 2 saturated heterocycles. The minimum atomic E-state index is -0.575. The standard InChI is InChI=1S/C17H24N4O/c1-13-9-14(20-10-15(13)18-2)16(22)11-21-7-4-17(5-8-21)3-6-19-12-17/h9-10,16,19,22H,3-8,11-12H2,1H3/t16-/m0/s1. The molecule has 118 valence electrons. The van der Waals surface area contributed by atoms with Crippen LogP contribution in [0.25, 0.3) is 4.85 Å². The maximum Gasteiger partial charge on any atom is 0.207 e. The van der Waals surface area contributed by atoms with Crippen molar-refractivity contribution in [3.63, 3.8) is 0 Å². The van der Waals surface area contributed by atoms with Crippen LogP contribution < -0.4 is 5.32 Å².